The van der Waals surface area contributed by atoms with Crippen LogP contribution in [0.3, 0.4) is 0 Å². The van der Waals surface area contributed by atoms with Crippen molar-refractivity contribution >= 4 is 11.7 Å². The van der Waals surface area contributed by atoms with Gasteiger partial charge in [-0.05, 0) is 50.1 Å². The van der Waals surface area contributed by atoms with Gasteiger partial charge in [0.2, 0.25) is 0 Å². The highest BCUT2D eigenvalue weighted by Crippen LogP contribution is 2.28. The third-order valence-corrected chi connectivity index (χ3v) is 4.62. The van der Waals surface area contributed by atoms with Gasteiger partial charge >= 0.3 is 6.03 Å². The van der Waals surface area contributed by atoms with Gasteiger partial charge in [-0.1, -0.05) is 6.07 Å². The van der Waals surface area contributed by atoms with E-state index in [0.717, 1.165) is 22.8 Å². The quantitative estimate of drug-likeness (QED) is 0.641. The van der Waals surface area contributed by atoms with Crippen LogP contribution in [-0.2, 0) is 6.42 Å². The molecule has 2 aromatic heterocycles. The smallest absolute Gasteiger partial charge is 0.319 e. The van der Waals surface area contributed by atoms with E-state index in [4.69, 9.17) is 9.47 Å². The maximum Gasteiger partial charge on any atom is 0.319 e. The first-order valence-corrected chi connectivity index (χ1v) is 9.27. The molecular weight excluding hydrogens is 370 g/mol. The molecule has 0 saturated heterocycles. The Morgan fingerprint density at radius 3 is 2.66 bits per heavy atom. The number of nitrogens with one attached hydrogen (secondary N) is 2. The first kappa shape index (κ1) is 20.2. The molecule has 0 unspecified atom stereocenters. The van der Waals surface area contributed by atoms with Crippen molar-refractivity contribution < 1.29 is 14.3 Å². The summed E-state index contributed by atoms with van der Waals surface area (Å²) in [5.41, 5.74) is 3.60. The standard InChI is InChI=1S/C21H25N5O3/c1-14-17(15(2)26(25-14)20-7-5-6-11-22-20)10-12-23-21(27)24-18-9-8-16(28-3)13-19(18)29-4/h5-9,11,13H,10,12H2,1-4H3,(H2,23,24,27). The number of nitrogens with zero attached hydrogens (tertiary/aromatic N) is 3. The molecule has 1 aromatic carbocycles. The van der Waals surface area contributed by atoms with E-state index < -0.39 is 0 Å². The Bertz CT molecular complexity index is 985. The van der Waals surface area contributed by atoms with E-state index in [1.54, 1.807) is 38.6 Å². The molecule has 0 spiro atoms. The summed E-state index contributed by atoms with van der Waals surface area (Å²) in [7, 11) is 3.12. The van der Waals surface area contributed by atoms with E-state index in [1.807, 2.05) is 36.7 Å². The zero-order valence-corrected chi connectivity index (χ0v) is 17.0. The van der Waals surface area contributed by atoms with E-state index in [2.05, 4.69) is 20.7 Å². The van der Waals surface area contributed by atoms with Gasteiger partial charge in [-0.2, -0.15) is 5.10 Å². The number of amides is 2. The van der Waals surface area contributed by atoms with Crippen LogP contribution < -0.4 is 20.1 Å². The SMILES string of the molecule is COc1ccc(NC(=O)NCCc2c(C)nn(-c3ccccn3)c2C)c(OC)c1. The van der Waals surface area contributed by atoms with Crippen molar-refractivity contribution in [2.45, 2.75) is 20.3 Å². The van der Waals surface area contributed by atoms with Gasteiger partial charge in [0, 0.05) is 24.5 Å². The molecule has 2 amide bonds. The summed E-state index contributed by atoms with van der Waals surface area (Å²) in [6.07, 6.45) is 2.41. The molecule has 2 N–H and O–H groups in total. The number of carbonyl (C=O) groups is 1. The minimum Gasteiger partial charge on any atom is -0.497 e. The Kier molecular flexibility index (Phi) is 6.33. The molecule has 0 aliphatic carbocycles. The second kappa shape index (κ2) is 9.09. The molecule has 8 nitrogen and oxygen atoms in total. The van der Waals surface area contributed by atoms with E-state index in [-0.39, 0.29) is 6.03 Å². The van der Waals surface area contributed by atoms with Crippen LogP contribution >= 0.6 is 0 Å². The zero-order chi connectivity index (χ0) is 20.8. The van der Waals surface area contributed by atoms with Gasteiger partial charge in [0.15, 0.2) is 5.82 Å². The Morgan fingerprint density at radius 1 is 1.14 bits per heavy atom. The predicted octanol–water partition coefficient (Wildman–Crippen LogP) is 3.27. The number of aryl methyl sites for hydroxylation is 1. The highest BCUT2D eigenvalue weighted by molar-refractivity contribution is 5.91. The summed E-state index contributed by atoms with van der Waals surface area (Å²) in [5.74, 6) is 1.96. The predicted molar refractivity (Wildman–Crippen MR) is 111 cm³/mol. The molecule has 0 fully saturated rings. The van der Waals surface area contributed by atoms with E-state index >= 15 is 0 Å². The molecule has 2 heterocycles. The minimum atomic E-state index is -0.305. The maximum atomic E-state index is 12.3. The number of hydrogen-bond donors (Lipinski definition) is 2. The van der Waals surface area contributed by atoms with Crippen LogP contribution in [0.2, 0.25) is 0 Å². The lowest BCUT2D eigenvalue weighted by molar-refractivity contribution is 0.252. The number of pyridine rings is 1. The fourth-order valence-corrected chi connectivity index (χ4v) is 3.11. The van der Waals surface area contributed by atoms with Crippen molar-refractivity contribution in [3.05, 3.63) is 59.5 Å². The van der Waals surface area contributed by atoms with Gasteiger partial charge in [0.05, 0.1) is 25.6 Å². The van der Waals surface area contributed by atoms with Gasteiger partial charge in [0.25, 0.3) is 0 Å². The number of urea groups is 1. The lowest BCUT2D eigenvalue weighted by atomic mass is 10.1. The molecule has 8 heteroatoms. The molecule has 0 aliphatic heterocycles. The van der Waals surface area contributed by atoms with E-state index in [9.17, 15) is 4.79 Å². The highest BCUT2D eigenvalue weighted by Gasteiger charge is 2.14. The molecule has 29 heavy (non-hydrogen) atoms. The monoisotopic (exact) mass is 395 g/mol. The van der Waals surface area contributed by atoms with Crippen molar-refractivity contribution in [3.8, 4) is 17.3 Å². The molecule has 3 rings (SSSR count). The van der Waals surface area contributed by atoms with E-state index in [0.29, 0.717) is 30.2 Å². The Labute approximate surface area is 169 Å². The van der Waals surface area contributed by atoms with E-state index in [1.165, 1.54) is 0 Å². The normalized spacial score (nSPS) is 10.5. The zero-order valence-electron chi connectivity index (χ0n) is 17.0. The number of rotatable bonds is 7. The fraction of sp³-hybridized carbons (Fsp3) is 0.286. The number of carbonyl (C=O) groups excluding carboxylic acids is 1. The van der Waals surface area contributed by atoms with Crippen molar-refractivity contribution in [3.63, 3.8) is 0 Å². The largest absolute Gasteiger partial charge is 0.497 e. The van der Waals surface area contributed by atoms with Gasteiger partial charge in [-0.25, -0.2) is 14.5 Å². The van der Waals surface area contributed by atoms with Crippen molar-refractivity contribution in [1.29, 1.82) is 0 Å². The van der Waals surface area contributed by atoms with Gasteiger partial charge in [-0.15, -0.1) is 0 Å². The van der Waals surface area contributed by atoms with Gasteiger partial charge in [0.1, 0.15) is 11.5 Å². The molecule has 3 aromatic rings. The molecular formula is C21H25N5O3. The van der Waals surface area contributed by atoms with Crippen LogP contribution in [-0.4, -0.2) is 41.6 Å². The average Bonchev–Trinajstić information content (AvgIpc) is 3.03. The van der Waals surface area contributed by atoms with Crippen LogP contribution in [0, 0.1) is 13.8 Å². The Balaban J connectivity index is 1.61. The van der Waals surface area contributed by atoms with Crippen LogP contribution in [0.4, 0.5) is 10.5 Å². The summed E-state index contributed by atoms with van der Waals surface area (Å²) < 4.78 is 12.3. The first-order chi connectivity index (χ1) is 14.0. The van der Waals surface area contributed by atoms with Crippen LogP contribution in [0.5, 0.6) is 11.5 Å². The first-order valence-electron chi connectivity index (χ1n) is 9.27. The molecule has 0 saturated carbocycles. The van der Waals surface area contributed by atoms with Crippen LogP contribution in [0.1, 0.15) is 17.0 Å². The van der Waals surface area contributed by atoms with Gasteiger partial charge in [-0.3, -0.25) is 0 Å². The molecule has 152 valence electrons. The maximum absolute atomic E-state index is 12.3. The second-order valence-electron chi connectivity index (χ2n) is 6.45. The van der Waals surface area contributed by atoms with Gasteiger partial charge < -0.3 is 20.1 Å². The highest BCUT2D eigenvalue weighted by atomic mass is 16.5. The lowest BCUT2D eigenvalue weighted by Gasteiger charge is -2.12. The third kappa shape index (κ3) is 4.66. The molecule has 0 aliphatic rings. The van der Waals surface area contributed by atoms with Crippen molar-refractivity contribution in [1.82, 2.24) is 20.1 Å². The Morgan fingerprint density at radius 2 is 1.97 bits per heavy atom. The third-order valence-electron chi connectivity index (χ3n) is 4.62. The second-order valence-corrected chi connectivity index (χ2v) is 6.45. The Hall–Kier alpha value is -3.55. The minimum absolute atomic E-state index is 0.305. The summed E-state index contributed by atoms with van der Waals surface area (Å²) >= 11 is 0. The lowest BCUT2D eigenvalue weighted by Crippen LogP contribution is -2.30. The average molecular weight is 395 g/mol. The molecule has 0 radical (unpaired) electrons. The topological polar surface area (TPSA) is 90.3 Å². The number of aromatic nitrogens is 3. The summed E-state index contributed by atoms with van der Waals surface area (Å²) in [6.45, 7) is 4.44. The van der Waals surface area contributed by atoms with Crippen LogP contribution in [0.15, 0.2) is 42.6 Å². The summed E-state index contributed by atoms with van der Waals surface area (Å²) in [4.78, 5) is 16.6. The number of anilines is 1. The number of hydrogen-bond acceptors (Lipinski definition) is 5. The fourth-order valence-electron chi connectivity index (χ4n) is 3.11. The molecule has 0 bridgehead atoms. The number of benzene rings is 1. The molecule has 0 atom stereocenters. The summed E-state index contributed by atoms with van der Waals surface area (Å²) in [5, 5.41) is 10.3. The van der Waals surface area contributed by atoms with Crippen molar-refractivity contribution in [2.24, 2.45) is 0 Å². The van der Waals surface area contributed by atoms with Crippen LogP contribution in [0.25, 0.3) is 5.82 Å². The number of ether oxygens (including phenoxy) is 2. The number of methoxy groups -OCH3 is 2. The van der Waals surface area contributed by atoms with Crippen molar-refractivity contribution in [2.75, 3.05) is 26.1 Å². The summed E-state index contributed by atoms with van der Waals surface area (Å²) in [6, 6.07) is 10.6.